The van der Waals surface area contributed by atoms with Gasteiger partial charge in [0, 0.05) is 10.5 Å². The lowest BCUT2D eigenvalue weighted by Crippen LogP contribution is -1.81. The second-order valence-electron chi connectivity index (χ2n) is 4.27. The summed E-state index contributed by atoms with van der Waals surface area (Å²) in [5, 5.41) is 0. The van der Waals surface area contributed by atoms with Crippen molar-refractivity contribution >= 4 is 35.7 Å². The first-order valence-electron chi connectivity index (χ1n) is 6.17. The molecule has 0 aliphatic carbocycles. The molecular weight excluding hydrogens is 302 g/mol. The van der Waals surface area contributed by atoms with Gasteiger partial charge < -0.3 is 0 Å². The molecule has 0 N–H and O–H groups in total. The second-order valence-corrected chi connectivity index (χ2v) is 6.87. The molecule has 1 heterocycles. The molecule has 0 saturated heterocycles. The van der Waals surface area contributed by atoms with Crippen molar-refractivity contribution < 1.29 is 0 Å². The van der Waals surface area contributed by atoms with E-state index in [-0.39, 0.29) is 0 Å². The zero-order valence-corrected chi connectivity index (χ0v) is 13.4. The van der Waals surface area contributed by atoms with Gasteiger partial charge in [-0.25, -0.2) is 4.98 Å². The summed E-state index contributed by atoms with van der Waals surface area (Å²) in [5.41, 5.74) is 3.34. The first kappa shape index (κ1) is 13.7. The molecule has 1 nitrogen and oxygen atoms in total. The Morgan fingerprint density at radius 3 is 2.30 bits per heavy atom. The molecule has 0 aliphatic heterocycles. The summed E-state index contributed by atoms with van der Waals surface area (Å²) in [6.45, 7) is 0. The lowest BCUT2D eigenvalue weighted by atomic mass is 10.1. The maximum atomic E-state index is 4.58. The van der Waals surface area contributed by atoms with E-state index < -0.39 is 0 Å². The van der Waals surface area contributed by atoms with Gasteiger partial charge in [0.2, 0.25) is 0 Å². The van der Waals surface area contributed by atoms with E-state index in [1.54, 1.807) is 23.1 Å². The Kier molecular flexibility index (Phi) is 4.15. The van der Waals surface area contributed by atoms with E-state index in [1.807, 2.05) is 18.2 Å². The Labute approximate surface area is 132 Å². The van der Waals surface area contributed by atoms with Gasteiger partial charge >= 0.3 is 0 Å². The standard InChI is InChI=1S/C16H13NS3/c1-19-13-9-7-12(8-10-13)15-14(17-16(18)20-15)11-5-3-2-4-6-11/h2-10H,1H3,(H,17,18). The van der Waals surface area contributed by atoms with Crippen molar-refractivity contribution in [2.24, 2.45) is 0 Å². The molecule has 0 unspecified atom stereocenters. The highest BCUT2D eigenvalue weighted by Gasteiger charge is 2.13. The minimum Gasteiger partial charge on any atom is -0.229 e. The van der Waals surface area contributed by atoms with Crippen molar-refractivity contribution in [3.63, 3.8) is 0 Å². The zero-order valence-electron chi connectivity index (χ0n) is 10.9. The van der Waals surface area contributed by atoms with Crippen LogP contribution in [0.15, 0.2) is 63.8 Å². The van der Waals surface area contributed by atoms with E-state index in [4.69, 9.17) is 0 Å². The molecule has 2 aromatic carbocycles. The van der Waals surface area contributed by atoms with Crippen LogP contribution in [0.3, 0.4) is 0 Å². The fourth-order valence-corrected chi connectivity index (χ4v) is 3.65. The Balaban J connectivity index is 2.09. The number of thiazole rings is 1. The smallest absolute Gasteiger partial charge is 0.148 e. The van der Waals surface area contributed by atoms with E-state index >= 15 is 0 Å². The van der Waals surface area contributed by atoms with Crippen molar-refractivity contribution in [3.05, 3.63) is 54.6 Å². The lowest BCUT2D eigenvalue weighted by molar-refractivity contribution is 1.26. The van der Waals surface area contributed by atoms with Crippen LogP contribution in [-0.2, 0) is 0 Å². The fraction of sp³-hybridized carbons (Fsp3) is 0.0625. The topological polar surface area (TPSA) is 12.9 Å². The van der Waals surface area contributed by atoms with Crippen LogP contribution in [0, 0.1) is 0 Å². The third-order valence-corrected chi connectivity index (χ3v) is 5.04. The van der Waals surface area contributed by atoms with E-state index in [0.717, 1.165) is 15.6 Å². The van der Waals surface area contributed by atoms with Gasteiger partial charge in [0.25, 0.3) is 0 Å². The summed E-state index contributed by atoms with van der Waals surface area (Å²) in [7, 11) is 0. The van der Waals surface area contributed by atoms with Crippen LogP contribution < -0.4 is 0 Å². The van der Waals surface area contributed by atoms with Gasteiger partial charge in [-0.05, 0) is 24.0 Å². The molecule has 3 aromatic rings. The van der Waals surface area contributed by atoms with E-state index in [2.05, 4.69) is 60.3 Å². The first-order valence-corrected chi connectivity index (χ1v) is 8.66. The van der Waals surface area contributed by atoms with Crippen LogP contribution >= 0.6 is 35.7 Å². The molecule has 1 aromatic heterocycles. The molecule has 0 saturated carbocycles. The van der Waals surface area contributed by atoms with Gasteiger partial charge in [-0.3, -0.25) is 0 Å². The van der Waals surface area contributed by atoms with Crippen molar-refractivity contribution in [1.29, 1.82) is 0 Å². The summed E-state index contributed by atoms with van der Waals surface area (Å²) in [4.78, 5) is 7.02. The molecule has 0 atom stereocenters. The maximum absolute atomic E-state index is 4.58. The van der Waals surface area contributed by atoms with Gasteiger partial charge in [0.05, 0.1) is 10.6 Å². The molecule has 0 bridgehead atoms. The quantitative estimate of drug-likeness (QED) is 0.507. The van der Waals surface area contributed by atoms with Crippen LogP contribution in [0.5, 0.6) is 0 Å². The first-order chi connectivity index (χ1) is 9.78. The van der Waals surface area contributed by atoms with Crippen LogP contribution in [0.1, 0.15) is 0 Å². The van der Waals surface area contributed by atoms with E-state index in [0.29, 0.717) is 0 Å². The van der Waals surface area contributed by atoms with Gasteiger partial charge in [0.15, 0.2) is 0 Å². The molecule has 0 radical (unpaired) electrons. The maximum Gasteiger partial charge on any atom is 0.148 e. The molecule has 100 valence electrons. The van der Waals surface area contributed by atoms with Crippen LogP contribution in [0.2, 0.25) is 0 Å². The zero-order chi connectivity index (χ0) is 13.9. The average Bonchev–Trinajstić information content (AvgIpc) is 2.90. The number of thiol groups is 1. The van der Waals surface area contributed by atoms with Crippen molar-refractivity contribution in [2.45, 2.75) is 9.24 Å². The fourth-order valence-electron chi connectivity index (χ4n) is 2.04. The summed E-state index contributed by atoms with van der Waals surface area (Å²) >= 11 is 7.79. The average molecular weight is 315 g/mol. The second kappa shape index (κ2) is 6.04. The molecular formula is C16H13NS3. The minimum atomic E-state index is 0.799. The summed E-state index contributed by atoms with van der Waals surface area (Å²) in [5.74, 6) is 0. The molecule has 20 heavy (non-hydrogen) atoms. The third-order valence-electron chi connectivity index (χ3n) is 3.02. The molecule has 0 fully saturated rings. The Bertz CT molecular complexity index is 702. The summed E-state index contributed by atoms with van der Waals surface area (Å²) in [6.07, 6.45) is 2.09. The van der Waals surface area contributed by atoms with Crippen LogP contribution in [0.25, 0.3) is 21.7 Å². The molecule has 0 spiro atoms. The highest BCUT2D eigenvalue weighted by atomic mass is 32.2. The number of thioether (sulfide) groups is 1. The Morgan fingerprint density at radius 1 is 0.950 bits per heavy atom. The monoisotopic (exact) mass is 315 g/mol. The van der Waals surface area contributed by atoms with E-state index in [1.165, 1.54) is 15.3 Å². The Morgan fingerprint density at radius 2 is 1.65 bits per heavy atom. The van der Waals surface area contributed by atoms with E-state index in [9.17, 15) is 0 Å². The number of hydrogen-bond donors (Lipinski definition) is 1. The summed E-state index contributed by atoms with van der Waals surface area (Å²) in [6, 6.07) is 18.9. The molecule has 0 amide bonds. The number of aromatic nitrogens is 1. The lowest BCUT2D eigenvalue weighted by Gasteiger charge is -2.03. The normalized spacial score (nSPS) is 10.7. The predicted octanol–water partition coefficient (Wildman–Crippen LogP) is 5.49. The summed E-state index contributed by atoms with van der Waals surface area (Å²) < 4.78 is 0.799. The SMILES string of the molecule is CSc1ccc(-c2sc(S)nc2-c2ccccc2)cc1. The molecule has 3 rings (SSSR count). The molecule has 0 aliphatic rings. The number of benzene rings is 2. The van der Waals surface area contributed by atoms with Crippen LogP contribution in [-0.4, -0.2) is 11.2 Å². The number of hydrogen-bond acceptors (Lipinski definition) is 4. The Hall–Kier alpha value is -1.23. The number of rotatable bonds is 3. The van der Waals surface area contributed by atoms with Crippen molar-refractivity contribution in [1.82, 2.24) is 4.98 Å². The van der Waals surface area contributed by atoms with Crippen molar-refractivity contribution in [3.8, 4) is 21.7 Å². The highest BCUT2D eigenvalue weighted by molar-refractivity contribution is 7.98. The van der Waals surface area contributed by atoms with Gasteiger partial charge in [0.1, 0.15) is 4.34 Å². The molecule has 4 heteroatoms. The van der Waals surface area contributed by atoms with Crippen molar-refractivity contribution in [2.75, 3.05) is 6.26 Å². The predicted molar refractivity (Wildman–Crippen MR) is 92.0 cm³/mol. The van der Waals surface area contributed by atoms with Gasteiger partial charge in [-0.2, -0.15) is 0 Å². The van der Waals surface area contributed by atoms with Gasteiger partial charge in [-0.15, -0.1) is 35.7 Å². The van der Waals surface area contributed by atoms with Gasteiger partial charge in [-0.1, -0.05) is 42.5 Å². The largest absolute Gasteiger partial charge is 0.229 e. The van der Waals surface area contributed by atoms with Crippen LogP contribution in [0.4, 0.5) is 0 Å². The highest BCUT2D eigenvalue weighted by Crippen LogP contribution is 2.38. The minimum absolute atomic E-state index is 0.799. The number of nitrogens with zero attached hydrogens (tertiary/aromatic N) is 1. The third kappa shape index (κ3) is 2.77.